The van der Waals surface area contributed by atoms with Gasteiger partial charge in [-0.05, 0) is 154 Å². The zero-order chi connectivity index (χ0) is 59.9. The molecular formula is C77H124O6. The first kappa shape index (κ1) is 78.0. The highest BCUT2D eigenvalue weighted by Crippen LogP contribution is 2.14. The molecule has 0 saturated carbocycles. The third-order valence-electron chi connectivity index (χ3n) is 14.0. The smallest absolute Gasteiger partial charge is 0.306 e. The molecule has 468 valence electrons. The molecule has 0 rings (SSSR count). The fraction of sp³-hybridized carbons (Fsp3) is 0.623. The molecule has 0 aliphatic rings. The van der Waals surface area contributed by atoms with Gasteiger partial charge in [0.2, 0.25) is 0 Å². The summed E-state index contributed by atoms with van der Waals surface area (Å²) >= 11 is 0. The number of carbonyl (C=O) groups excluding carboxylic acids is 3. The maximum absolute atomic E-state index is 12.9. The molecule has 0 aromatic rings. The van der Waals surface area contributed by atoms with E-state index in [1.54, 1.807) is 0 Å². The Bertz CT molecular complexity index is 1840. The van der Waals surface area contributed by atoms with E-state index in [1.165, 1.54) is 77.0 Å². The molecule has 0 aliphatic heterocycles. The van der Waals surface area contributed by atoms with E-state index in [0.717, 1.165) is 173 Å². The van der Waals surface area contributed by atoms with E-state index in [0.29, 0.717) is 19.3 Å². The summed E-state index contributed by atoms with van der Waals surface area (Å²) < 4.78 is 16.9. The Kier molecular flexibility index (Phi) is 65.4. The van der Waals surface area contributed by atoms with Crippen LogP contribution >= 0.6 is 0 Å². The Morgan fingerprint density at radius 3 is 0.735 bits per heavy atom. The first-order chi connectivity index (χ1) is 41.0. The van der Waals surface area contributed by atoms with Gasteiger partial charge in [0.25, 0.3) is 0 Å². The van der Waals surface area contributed by atoms with E-state index >= 15 is 0 Å². The zero-order valence-electron chi connectivity index (χ0n) is 53.7. The first-order valence-electron chi connectivity index (χ1n) is 34.0. The van der Waals surface area contributed by atoms with Gasteiger partial charge in [-0.1, -0.05) is 275 Å². The summed E-state index contributed by atoms with van der Waals surface area (Å²) in [6, 6.07) is 0. The highest BCUT2D eigenvalue weighted by molar-refractivity contribution is 5.71. The van der Waals surface area contributed by atoms with E-state index in [9.17, 15) is 14.4 Å². The first-order valence-corrected chi connectivity index (χ1v) is 34.0. The normalized spacial score (nSPS) is 13.1. The van der Waals surface area contributed by atoms with Crippen molar-refractivity contribution in [2.24, 2.45) is 0 Å². The lowest BCUT2D eigenvalue weighted by Gasteiger charge is -2.18. The van der Waals surface area contributed by atoms with Crippen LogP contribution in [0, 0.1) is 0 Å². The standard InChI is InChI=1S/C77H124O6/c1-4-7-10-13-16-19-22-25-28-29-30-31-32-33-34-35-36-37-38-39-40-41-42-43-44-45-46-47-50-52-55-58-61-64-67-70-76(79)82-73-74(83-77(80)71-68-65-62-59-56-53-49-27-24-21-18-15-12-9-6-3)72-81-75(78)69-66-63-60-57-54-51-48-26-23-20-17-14-11-8-5-2/h7,10,16-21,25-28,30-31,33-34,36-37,39-40,42-43,45-46,48-49,74H,4-6,8-9,11-15,22-24,29,32,35,38,41,44,47,50-73H2,1-3H3/b10-7-,19-16-,20-17-,21-18-,28-25-,31-30-,34-33-,37-36-,40-39-,43-42-,46-45-,48-26-,49-27-. The summed E-state index contributed by atoms with van der Waals surface area (Å²) in [5.74, 6) is -0.937. The molecule has 0 bridgehead atoms. The average Bonchev–Trinajstić information content (AvgIpc) is 3.49. The van der Waals surface area contributed by atoms with Crippen LogP contribution < -0.4 is 0 Å². The second-order valence-corrected chi connectivity index (χ2v) is 22.0. The van der Waals surface area contributed by atoms with Crippen molar-refractivity contribution in [3.05, 3.63) is 158 Å². The summed E-state index contributed by atoms with van der Waals surface area (Å²) in [7, 11) is 0. The Morgan fingerprint density at radius 2 is 0.470 bits per heavy atom. The van der Waals surface area contributed by atoms with Crippen LogP contribution in [0.5, 0.6) is 0 Å². The molecule has 0 aromatic carbocycles. The summed E-state index contributed by atoms with van der Waals surface area (Å²) in [5, 5.41) is 0. The molecule has 0 radical (unpaired) electrons. The van der Waals surface area contributed by atoms with Crippen molar-refractivity contribution in [3.63, 3.8) is 0 Å². The molecule has 6 heteroatoms. The van der Waals surface area contributed by atoms with Gasteiger partial charge in [-0.3, -0.25) is 14.4 Å². The van der Waals surface area contributed by atoms with Crippen LogP contribution in [0.3, 0.4) is 0 Å². The van der Waals surface area contributed by atoms with Gasteiger partial charge in [0.05, 0.1) is 0 Å². The quantitative estimate of drug-likeness (QED) is 0.0261. The zero-order valence-corrected chi connectivity index (χ0v) is 53.7. The van der Waals surface area contributed by atoms with Gasteiger partial charge in [-0.2, -0.15) is 0 Å². The van der Waals surface area contributed by atoms with Crippen LogP contribution in [0.4, 0.5) is 0 Å². The second kappa shape index (κ2) is 69.5. The molecule has 0 aromatic heterocycles. The van der Waals surface area contributed by atoms with Crippen LogP contribution in [0.2, 0.25) is 0 Å². The molecule has 0 amide bonds. The molecule has 0 fully saturated rings. The number of esters is 3. The van der Waals surface area contributed by atoms with Crippen molar-refractivity contribution in [3.8, 4) is 0 Å². The SMILES string of the molecule is CC/C=C\C/C=C\C/C=C\C/C=C\C/C=C\C/C=C\C/C=C\C/C=C\C/C=C\CCCCCCCCCC(=O)OCC(COC(=O)CCCCCCC/C=C\C/C=C\CCCCC)OC(=O)CCCCCCC/C=C\C/C=C\CCCCC. The van der Waals surface area contributed by atoms with Crippen LogP contribution in [-0.2, 0) is 28.6 Å². The van der Waals surface area contributed by atoms with Gasteiger partial charge >= 0.3 is 17.9 Å². The van der Waals surface area contributed by atoms with E-state index < -0.39 is 6.10 Å². The van der Waals surface area contributed by atoms with Crippen molar-refractivity contribution in [1.29, 1.82) is 0 Å². The van der Waals surface area contributed by atoms with E-state index in [1.807, 2.05) is 0 Å². The van der Waals surface area contributed by atoms with Crippen molar-refractivity contribution in [2.45, 2.75) is 297 Å². The average molecular weight is 1150 g/mol. The maximum Gasteiger partial charge on any atom is 0.306 e. The number of hydrogen-bond acceptors (Lipinski definition) is 6. The van der Waals surface area contributed by atoms with Crippen LogP contribution in [0.25, 0.3) is 0 Å². The molecule has 0 N–H and O–H groups in total. The molecule has 0 aliphatic carbocycles. The third kappa shape index (κ3) is 67.7. The second-order valence-electron chi connectivity index (χ2n) is 22.0. The number of unbranched alkanes of at least 4 members (excludes halogenated alkanes) is 23. The molecule has 83 heavy (non-hydrogen) atoms. The third-order valence-corrected chi connectivity index (χ3v) is 14.0. The minimum absolute atomic E-state index is 0.0990. The maximum atomic E-state index is 12.9. The minimum Gasteiger partial charge on any atom is -0.462 e. The summed E-state index contributed by atoms with van der Waals surface area (Å²) in [6.07, 6.45) is 101. The lowest BCUT2D eigenvalue weighted by atomic mass is 10.1. The molecule has 0 saturated heterocycles. The van der Waals surface area contributed by atoms with Gasteiger partial charge in [-0.15, -0.1) is 0 Å². The highest BCUT2D eigenvalue weighted by atomic mass is 16.6. The van der Waals surface area contributed by atoms with E-state index in [2.05, 4.69) is 179 Å². The number of rotatable bonds is 60. The Balaban J connectivity index is 4.32. The predicted molar refractivity (Wildman–Crippen MR) is 362 cm³/mol. The van der Waals surface area contributed by atoms with Crippen LogP contribution in [0.1, 0.15) is 290 Å². The van der Waals surface area contributed by atoms with Gasteiger partial charge in [0.1, 0.15) is 13.2 Å². The lowest BCUT2D eigenvalue weighted by molar-refractivity contribution is -0.167. The molecule has 1 atom stereocenters. The van der Waals surface area contributed by atoms with E-state index in [-0.39, 0.29) is 31.1 Å². The molecule has 0 heterocycles. The van der Waals surface area contributed by atoms with Gasteiger partial charge in [0.15, 0.2) is 6.10 Å². The molecular weight excluding hydrogens is 1020 g/mol. The Morgan fingerprint density at radius 1 is 0.253 bits per heavy atom. The van der Waals surface area contributed by atoms with Crippen molar-refractivity contribution < 1.29 is 28.6 Å². The fourth-order valence-corrected chi connectivity index (χ4v) is 8.91. The van der Waals surface area contributed by atoms with Crippen LogP contribution in [0.15, 0.2) is 158 Å². The molecule has 1 unspecified atom stereocenters. The summed E-state index contributed by atoms with van der Waals surface area (Å²) in [5.41, 5.74) is 0. The molecule has 6 nitrogen and oxygen atoms in total. The van der Waals surface area contributed by atoms with Gasteiger partial charge in [0, 0.05) is 19.3 Å². The van der Waals surface area contributed by atoms with Crippen molar-refractivity contribution in [1.82, 2.24) is 0 Å². The van der Waals surface area contributed by atoms with Gasteiger partial charge in [-0.25, -0.2) is 0 Å². The number of hydrogen-bond donors (Lipinski definition) is 0. The summed E-state index contributed by atoms with van der Waals surface area (Å²) in [6.45, 7) is 6.44. The number of ether oxygens (including phenoxy) is 3. The monoisotopic (exact) mass is 1140 g/mol. The van der Waals surface area contributed by atoms with Crippen molar-refractivity contribution >= 4 is 17.9 Å². The van der Waals surface area contributed by atoms with Crippen molar-refractivity contribution in [2.75, 3.05) is 13.2 Å². The number of allylic oxidation sites excluding steroid dienone is 26. The van der Waals surface area contributed by atoms with E-state index in [4.69, 9.17) is 14.2 Å². The minimum atomic E-state index is -0.803. The largest absolute Gasteiger partial charge is 0.462 e. The predicted octanol–water partition coefficient (Wildman–Crippen LogP) is 23.7. The lowest BCUT2D eigenvalue weighted by Crippen LogP contribution is -2.30. The summed E-state index contributed by atoms with van der Waals surface area (Å²) in [4.78, 5) is 38.3. The number of carbonyl (C=O) groups is 3. The topological polar surface area (TPSA) is 78.9 Å². The van der Waals surface area contributed by atoms with Gasteiger partial charge < -0.3 is 14.2 Å². The highest BCUT2D eigenvalue weighted by Gasteiger charge is 2.19. The Hall–Kier alpha value is -4.97. The molecule has 0 spiro atoms. The van der Waals surface area contributed by atoms with Crippen LogP contribution in [-0.4, -0.2) is 37.2 Å². The fourth-order valence-electron chi connectivity index (χ4n) is 8.91. The Labute approximate surface area is 511 Å².